The number of amides is 1. The average molecular weight is 343 g/mol. The summed E-state index contributed by atoms with van der Waals surface area (Å²) < 4.78 is 15.4. The van der Waals surface area contributed by atoms with E-state index in [9.17, 15) is 9.59 Å². The standard InChI is InChI=1S/C19H21NO5/c1-12-5-6-14(9-13(12)2)19(22)25-11-18(21)20-16-8-7-15(23-3)10-17(16)24-4/h5-10H,11H2,1-4H3,(H,20,21). The highest BCUT2D eigenvalue weighted by Gasteiger charge is 2.13. The molecule has 0 radical (unpaired) electrons. The van der Waals surface area contributed by atoms with Crippen molar-refractivity contribution in [2.45, 2.75) is 13.8 Å². The number of nitrogens with one attached hydrogen (secondary N) is 1. The van der Waals surface area contributed by atoms with Gasteiger partial charge in [0.2, 0.25) is 0 Å². The van der Waals surface area contributed by atoms with E-state index in [1.54, 1.807) is 37.4 Å². The van der Waals surface area contributed by atoms with Crippen molar-refractivity contribution in [1.29, 1.82) is 0 Å². The van der Waals surface area contributed by atoms with Crippen molar-refractivity contribution >= 4 is 17.6 Å². The van der Waals surface area contributed by atoms with Gasteiger partial charge in [0, 0.05) is 6.07 Å². The Bertz CT molecular complexity index is 785. The maximum atomic E-state index is 12.0. The number of hydrogen-bond donors (Lipinski definition) is 1. The lowest BCUT2D eigenvalue weighted by molar-refractivity contribution is -0.119. The molecular formula is C19H21NO5. The number of ether oxygens (including phenoxy) is 3. The first-order valence-electron chi connectivity index (χ1n) is 7.71. The SMILES string of the molecule is COc1ccc(NC(=O)COC(=O)c2ccc(C)c(C)c2)c(OC)c1. The molecule has 0 bridgehead atoms. The van der Waals surface area contributed by atoms with Crippen molar-refractivity contribution in [3.05, 3.63) is 53.1 Å². The molecule has 6 nitrogen and oxygen atoms in total. The molecule has 0 atom stereocenters. The van der Waals surface area contributed by atoms with E-state index >= 15 is 0 Å². The van der Waals surface area contributed by atoms with Crippen molar-refractivity contribution in [2.24, 2.45) is 0 Å². The molecule has 0 saturated heterocycles. The topological polar surface area (TPSA) is 73.9 Å². The molecule has 0 aliphatic carbocycles. The van der Waals surface area contributed by atoms with Gasteiger partial charge in [-0.2, -0.15) is 0 Å². The molecule has 2 rings (SSSR count). The van der Waals surface area contributed by atoms with Crippen molar-refractivity contribution in [3.8, 4) is 11.5 Å². The molecule has 0 aliphatic heterocycles. The summed E-state index contributed by atoms with van der Waals surface area (Å²) in [5, 5.41) is 2.64. The smallest absolute Gasteiger partial charge is 0.338 e. The molecule has 0 unspecified atom stereocenters. The van der Waals surface area contributed by atoms with Gasteiger partial charge in [0.15, 0.2) is 6.61 Å². The van der Waals surface area contributed by atoms with Crippen LogP contribution in [0.3, 0.4) is 0 Å². The summed E-state index contributed by atoms with van der Waals surface area (Å²) in [6.07, 6.45) is 0. The zero-order valence-electron chi connectivity index (χ0n) is 14.7. The number of anilines is 1. The number of benzene rings is 2. The first-order valence-corrected chi connectivity index (χ1v) is 7.71. The zero-order chi connectivity index (χ0) is 18.4. The van der Waals surface area contributed by atoms with E-state index < -0.39 is 11.9 Å². The van der Waals surface area contributed by atoms with Crippen LogP contribution >= 0.6 is 0 Å². The second kappa shape index (κ2) is 8.19. The van der Waals surface area contributed by atoms with Gasteiger partial charge in [0.25, 0.3) is 5.91 Å². The quantitative estimate of drug-likeness (QED) is 0.816. The van der Waals surface area contributed by atoms with E-state index in [2.05, 4.69) is 5.32 Å². The predicted octanol–water partition coefficient (Wildman–Crippen LogP) is 3.12. The first kappa shape index (κ1) is 18.3. The number of rotatable bonds is 6. The minimum Gasteiger partial charge on any atom is -0.497 e. The molecule has 0 saturated carbocycles. The van der Waals surface area contributed by atoms with Gasteiger partial charge in [-0.15, -0.1) is 0 Å². The van der Waals surface area contributed by atoms with Gasteiger partial charge < -0.3 is 19.5 Å². The number of aryl methyl sites for hydroxylation is 2. The Morgan fingerprint density at radius 1 is 0.960 bits per heavy atom. The highest BCUT2D eigenvalue weighted by Crippen LogP contribution is 2.28. The Morgan fingerprint density at radius 2 is 1.72 bits per heavy atom. The normalized spacial score (nSPS) is 10.1. The molecule has 1 N–H and O–H groups in total. The van der Waals surface area contributed by atoms with Crippen molar-refractivity contribution in [3.63, 3.8) is 0 Å². The summed E-state index contributed by atoms with van der Waals surface area (Å²) in [6, 6.07) is 10.3. The lowest BCUT2D eigenvalue weighted by Gasteiger charge is -2.12. The van der Waals surface area contributed by atoms with Crippen LogP contribution in [0.1, 0.15) is 21.5 Å². The highest BCUT2D eigenvalue weighted by molar-refractivity contribution is 5.96. The monoisotopic (exact) mass is 343 g/mol. The molecule has 2 aromatic carbocycles. The van der Waals surface area contributed by atoms with Crippen LogP contribution < -0.4 is 14.8 Å². The van der Waals surface area contributed by atoms with Crippen LogP contribution in [0.5, 0.6) is 11.5 Å². The lowest BCUT2D eigenvalue weighted by Crippen LogP contribution is -2.21. The molecule has 2 aromatic rings. The molecule has 25 heavy (non-hydrogen) atoms. The Hall–Kier alpha value is -3.02. The largest absolute Gasteiger partial charge is 0.497 e. The third-order valence-electron chi connectivity index (χ3n) is 3.76. The molecule has 0 fully saturated rings. The van der Waals surface area contributed by atoms with Crippen LogP contribution in [-0.2, 0) is 9.53 Å². The van der Waals surface area contributed by atoms with E-state index in [4.69, 9.17) is 14.2 Å². The first-order chi connectivity index (χ1) is 11.9. The van der Waals surface area contributed by atoms with Gasteiger partial charge in [-0.05, 0) is 49.2 Å². The van der Waals surface area contributed by atoms with Crippen molar-refractivity contribution < 1.29 is 23.8 Å². The fourth-order valence-corrected chi connectivity index (χ4v) is 2.17. The molecular weight excluding hydrogens is 322 g/mol. The average Bonchev–Trinajstić information content (AvgIpc) is 2.62. The number of carbonyl (C=O) groups excluding carboxylic acids is 2. The minimum absolute atomic E-state index is 0.388. The summed E-state index contributed by atoms with van der Waals surface area (Å²) >= 11 is 0. The third-order valence-corrected chi connectivity index (χ3v) is 3.76. The number of methoxy groups -OCH3 is 2. The minimum atomic E-state index is -0.542. The van der Waals surface area contributed by atoms with Gasteiger partial charge in [0.1, 0.15) is 11.5 Å². The second-order valence-electron chi connectivity index (χ2n) is 5.49. The maximum Gasteiger partial charge on any atom is 0.338 e. The van der Waals surface area contributed by atoms with E-state index in [-0.39, 0.29) is 6.61 Å². The molecule has 0 heterocycles. The Balaban J connectivity index is 1.96. The van der Waals surface area contributed by atoms with Gasteiger partial charge in [-0.1, -0.05) is 6.07 Å². The Kier molecular flexibility index (Phi) is 6.00. The fourth-order valence-electron chi connectivity index (χ4n) is 2.17. The van der Waals surface area contributed by atoms with Gasteiger partial charge >= 0.3 is 5.97 Å². The number of esters is 1. The summed E-state index contributed by atoms with van der Waals surface area (Å²) in [5.74, 6) is 0.0600. The molecule has 0 spiro atoms. The predicted molar refractivity (Wildman–Crippen MR) is 94.4 cm³/mol. The van der Waals surface area contributed by atoms with Crippen LogP contribution in [0, 0.1) is 13.8 Å². The van der Waals surface area contributed by atoms with Crippen molar-refractivity contribution in [2.75, 3.05) is 26.1 Å². The van der Waals surface area contributed by atoms with Gasteiger partial charge in [0.05, 0.1) is 25.5 Å². The van der Waals surface area contributed by atoms with Crippen LogP contribution in [-0.4, -0.2) is 32.7 Å². The molecule has 1 amide bonds. The molecule has 132 valence electrons. The van der Waals surface area contributed by atoms with Crippen LogP contribution in [0.4, 0.5) is 5.69 Å². The van der Waals surface area contributed by atoms with Crippen LogP contribution in [0.15, 0.2) is 36.4 Å². The molecule has 0 aromatic heterocycles. The fraction of sp³-hybridized carbons (Fsp3) is 0.263. The van der Waals surface area contributed by atoms with E-state index in [1.807, 2.05) is 19.9 Å². The Labute approximate surface area is 146 Å². The van der Waals surface area contributed by atoms with Crippen molar-refractivity contribution in [1.82, 2.24) is 0 Å². The lowest BCUT2D eigenvalue weighted by atomic mass is 10.1. The summed E-state index contributed by atoms with van der Waals surface area (Å²) in [7, 11) is 3.03. The van der Waals surface area contributed by atoms with Crippen LogP contribution in [0.25, 0.3) is 0 Å². The highest BCUT2D eigenvalue weighted by atomic mass is 16.5. The molecule has 0 aliphatic rings. The summed E-state index contributed by atoms with van der Waals surface area (Å²) in [5.41, 5.74) is 2.95. The maximum absolute atomic E-state index is 12.0. The number of carbonyl (C=O) groups is 2. The molecule has 6 heteroatoms. The third kappa shape index (κ3) is 4.73. The summed E-state index contributed by atoms with van der Waals surface area (Å²) in [4.78, 5) is 24.0. The van der Waals surface area contributed by atoms with E-state index in [1.165, 1.54) is 7.11 Å². The summed E-state index contributed by atoms with van der Waals surface area (Å²) in [6.45, 7) is 3.48. The Morgan fingerprint density at radius 3 is 2.36 bits per heavy atom. The van der Waals surface area contributed by atoms with E-state index in [0.717, 1.165) is 11.1 Å². The number of hydrogen-bond acceptors (Lipinski definition) is 5. The van der Waals surface area contributed by atoms with Gasteiger partial charge in [-0.3, -0.25) is 4.79 Å². The second-order valence-corrected chi connectivity index (χ2v) is 5.49. The van der Waals surface area contributed by atoms with Crippen LogP contribution in [0.2, 0.25) is 0 Å². The zero-order valence-corrected chi connectivity index (χ0v) is 14.7. The van der Waals surface area contributed by atoms with Gasteiger partial charge in [-0.25, -0.2) is 4.79 Å². The van der Waals surface area contributed by atoms with E-state index in [0.29, 0.717) is 22.7 Å².